The van der Waals surface area contributed by atoms with Crippen LogP contribution in [0.25, 0.3) is 10.9 Å². The van der Waals surface area contributed by atoms with Crippen molar-refractivity contribution in [3.8, 4) is 0 Å². The fourth-order valence-corrected chi connectivity index (χ4v) is 3.48. The summed E-state index contributed by atoms with van der Waals surface area (Å²) >= 11 is 1.59. The van der Waals surface area contributed by atoms with E-state index in [1.54, 1.807) is 23.9 Å². The number of aryl methyl sites for hydroxylation is 1. The van der Waals surface area contributed by atoms with E-state index in [4.69, 9.17) is 0 Å². The van der Waals surface area contributed by atoms with Gasteiger partial charge in [0.1, 0.15) is 10.9 Å². The molecule has 5 nitrogen and oxygen atoms in total. The van der Waals surface area contributed by atoms with Crippen molar-refractivity contribution < 1.29 is 4.92 Å². The number of rotatable bonds is 4. The first-order valence-electron chi connectivity index (χ1n) is 7.19. The SMILES string of the molecule is Cc1nc(S[C@H](C)c2cccc([N+](=O)[O-])c2)c2ccccc2n1. The van der Waals surface area contributed by atoms with Crippen molar-refractivity contribution in [3.05, 3.63) is 70.0 Å². The van der Waals surface area contributed by atoms with Crippen LogP contribution in [0.2, 0.25) is 0 Å². The number of nitro groups is 1. The Morgan fingerprint density at radius 3 is 2.70 bits per heavy atom. The summed E-state index contributed by atoms with van der Waals surface area (Å²) in [5.41, 5.74) is 1.93. The predicted octanol–water partition coefficient (Wildman–Crippen LogP) is 4.70. The number of nitro benzene ring substituents is 1. The Morgan fingerprint density at radius 1 is 1.13 bits per heavy atom. The zero-order chi connectivity index (χ0) is 16.4. The third-order valence-corrected chi connectivity index (χ3v) is 4.68. The Kier molecular flexibility index (Phi) is 4.25. The molecule has 0 unspecified atom stereocenters. The van der Waals surface area contributed by atoms with Crippen LogP contribution in [0.4, 0.5) is 5.69 Å². The minimum absolute atomic E-state index is 0.0487. The van der Waals surface area contributed by atoms with Crippen LogP contribution < -0.4 is 0 Å². The summed E-state index contributed by atoms with van der Waals surface area (Å²) in [6.45, 7) is 3.89. The lowest BCUT2D eigenvalue weighted by Gasteiger charge is -2.13. The van der Waals surface area contributed by atoms with Gasteiger partial charge >= 0.3 is 0 Å². The molecular formula is C17H15N3O2S. The topological polar surface area (TPSA) is 68.9 Å². The molecule has 116 valence electrons. The normalized spacial score (nSPS) is 12.3. The van der Waals surface area contributed by atoms with Crippen LogP contribution in [-0.4, -0.2) is 14.9 Å². The zero-order valence-corrected chi connectivity index (χ0v) is 13.6. The van der Waals surface area contributed by atoms with Gasteiger partial charge in [0.15, 0.2) is 0 Å². The summed E-state index contributed by atoms with van der Waals surface area (Å²) in [6, 6.07) is 14.6. The van der Waals surface area contributed by atoms with Crippen LogP contribution in [0, 0.1) is 17.0 Å². The van der Waals surface area contributed by atoms with E-state index in [0.29, 0.717) is 0 Å². The van der Waals surface area contributed by atoms with Gasteiger partial charge in [-0.1, -0.05) is 42.1 Å². The summed E-state index contributed by atoms with van der Waals surface area (Å²) in [5.74, 6) is 0.720. The summed E-state index contributed by atoms with van der Waals surface area (Å²) in [7, 11) is 0. The Morgan fingerprint density at radius 2 is 1.91 bits per heavy atom. The first kappa shape index (κ1) is 15.4. The number of para-hydroxylation sites is 1. The van der Waals surface area contributed by atoms with E-state index in [1.165, 1.54) is 6.07 Å². The second-order valence-electron chi connectivity index (χ2n) is 5.21. The van der Waals surface area contributed by atoms with Crippen molar-refractivity contribution in [2.24, 2.45) is 0 Å². The highest BCUT2D eigenvalue weighted by atomic mass is 32.2. The third kappa shape index (κ3) is 3.32. The van der Waals surface area contributed by atoms with Gasteiger partial charge in [-0.15, -0.1) is 0 Å². The summed E-state index contributed by atoms with van der Waals surface area (Å²) in [5, 5.41) is 12.9. The molecule has 0 aliphatic heterocycles. The van der Waals surface area contributed by atoms with Gasteiger partial charge in [0.25, 0.3) is 5.69 Å². The number of nitrogens with zero attached hydrogens (tertiary/aromatic N) is 3. The molecule has 0 saturated carbocycles. The van der Waals surface area contributed by atoms with Gasteiger partial charge in [0.05, 0.1) is 10.4 Å². The van der Waals surface area contributed by atoms with Gasteiger partial charge in [-0.3, -0.25) is 10.1 Å². The molecule has 3 rings (SSSR count). The van der Waals surface area contributed by atoms with Gasteiger partial charge in [0.2, 0.25) is 0 Å². The largest absolute Gasteiger partial charge is 0.269 e. The smallest absolute Gasteiger partial charge is 0.258 e. The highest BCUT2D eigenvalue weighted by Crippen LogP contribution is 2.37. The molecule has 0 spiro atoms. The minimum Gasteiger partial charge on any atom is -0.258 e. The lowest BCUT2D eigenvalue weighted by molar-refractivity contribution is -0.384. The molecule has 3 aromatic rings. The van der Waals surface area contributed by atoms with Crippen LogP contribution >= 0.6 is 11.8 Å². The van der Waals surface area contributed by atoms with Gasteiger partial charge in [0, 0.05) is 22.8 Å². The summed E-state index contributed by atoms with van der Waals surface area (Å²) < 4.78 is 0. The number of aromatic nitrogens is 2. The first-order chi connectivity index (χ1) is 11.0. The number of hydrogen-bond donors (Lipinski definition) is 0. The van der Waals surface area contributed by atoms with Crippen LogP contribution in [0.15, 0.2) is 53.6 Å². The van der Waals surface area contributed by atoms with E-state index in [0.717, 1.165) is 27.3 Å². The summed E-state index contributed by atoms with van der Waals surface area (Å²) in [6.07, 6.45) is 0. The number of thioether (sulfide) groups is 1. The number of benzene rings is 2. The molecule has 23 heavy (non-hydrogen) atoms. The van der Waals surface area contributed by atoms with Gasteiger partial charge in [-0.2, -0.15) is 0 Å². The molecule has 0 fully saturated rings. The van der Waals surface area contributed by atoms with E-state index >= 15 is 0 Å². The van der Waals surface area contributed by atoms with Gasteiger partial charge < -0.3 is 0 Å². The maximum Gasteiger partial charge on any atom is 0.269 e. The first-order valence-corrected chi connectivity index (χ1v) is 8.07. The highest BCUT2D eigenvalue weighted by Gasteiger charge is 2.15. The number of non-ortho nitro benzene ring substituents is 1. The lowest BCUT2D eigenvalue weighted by Crippen LogP contribution is -1.96. The summed E-state index contributed by atoms with van der Waals surface area (Å²) in [4.78, 5) is 19.5. The van der Waals surface area contributed by atoms with E-state index < -0.39 is 0 Å². The Labute approximate surface area is 137 Å². The lowest BCUT2D eigenvalue weighted by atomic mass is 10.1. The molecule has 1 aromatic heterocycles. The Hall–Kier alpha value is -2.47. The molecule has 0 N–H and O–H groups in total. The van der Waals surface area contributed by atoms with Crippen LogP contribution in [0.1, 0.15) is 23.6 Å². The molecule has 0 radical (unpaired) electrons. The van der Waals surface area contributed by atoms with E-state index in [1.807, 2.05) is 44.2 Å². The Balaban J connectivity index is 1.95. The number of hydrogen-bond acceptors (Lipinski definition) is 5. The van der Waals surface area contributed by atoms with Crippen molar-refractivity contribution >= 4 is 28.4 Å². The number of fused-ring (bicyclic) bond motifs is 1. The third-order valence-electron chi connectivity index (χ3n) is 3.52. The predicted molar refractivity (Wildman–Crippen MR) is 91.6 cm³/mol. The second-order valence-corrected chi connectivity index (χ2v) is 6.53. The molecule has 6 heteroatoms. The quantitative estimate of drug-likeness (QED) is 0.301. The van der Waals surface area contributed by atoms with Gasteiger partial charge in [-0.25, -0.2) is 9.97 Å². The fraction of sp³-hybridized carbons (Fsp3) is 0.176. The van der Waals surface area contributed by atoms with Crippen LogP contribution in [-0.2, 0) is 0 Å². The zero-order valence-electron chi connectivity index (χ0n) is 12.8. The van der Waals surface area contributed by atoms with E-state index in [9.17, 15) is 10.1 Å². The van der Waals surface area contributed by atoms with E-state index in [-0.39, 0.29) is 15.9 Å². The fourth-order valence-electron chi connectivity index (χ4n) is 2.38. The average Bonchev–Trinajstić information content (AvgIpc) is 2.54. The van der Waals surface area contributed by atoms with Crippen molar-refractivity contribution in [1.29, 1.82) is 0 Å². The molecule has 1 heterocycles. The van der Waals surface area contributed by atoms with E-state index in [2.05, 4.69) is 9.97 Å². The van der Waals surface area contributed by atoms with Crippen LogP contribution in [0.3, 0.4) is 0 Å². The van der Waals surface area contributed by atoms with Crippen LogP contribution in [0.5, 0.6) is 0 Å². The highest BCUT2D eigenvalue weighted by molar-refractivity contribution is 7.99. The molecular weight excluding hydrogens is 310 g/mol. The van der Waals surface area contributed by atoms with Crippen molar-refractivity contribution in [2.45, 2.75) is 24.1 Å². The standard InChI is InChI=1S/C17H15N3O2S/c1-11(13-6-5-7-14(10-13)20(21)22)23-17-15-8-3-4-9-16(15)18-12(2)19-17/h3-11H,1-2H3/t11-/m1/s1. The molecule has 0 bridgehead atoms. The van der Waals surface area contributed by atoms with Crippen molar-refractivity contribution in [2.75, 3.05) is 0 Å². The van der Waals surface area contributed by atoms with Gasteiger partial charge in [-0.05, 0) is 25.5 Å². The molecule has 0 amide bonds. The maximum absolute atomic E-state index is 10.9. The molecule has 2 aromatic carbocycles. The van der Waals surface area contributed by atoms with Crippen molar-refractivity contribution in [3.63, 3.8) is 0 Å². The monoisotopic (exact) mass is 325 g/mol. The molecule has 1 atom stereocenters. The molecule has 0 saturated heterocycles. The Bertz CT molecular complexity index is 883. The minimum atomic E-state index is -0.370. The second kappa shape index (κ2) is 6.34. The average molecular weight is 325 g/mol. The molecule has 0 aliphatic carbocycles. The van der Waals surface area contributed by atoms with Crippen molar-refractivity contribution in [1.82, 2.24) is 9.97 Å². The molecule has 0 aliphatic rings. The maximum atomic E-state index is 10.9.